The van der Waals surface area contributed by atoms with Gasteiger partial charge in [0.1, 0.15) is 10.8 Å². The van der Waals surface area contributed by atoms with Gasteiger partial charge in [-0.1, -0.05) is 54.1 Å². The number of carbonyl (C=O) groups is 1. The van der Waals surface area contributed by atoms with Gasteiger partial charge in [-0.05, 0) is 17.7 Å². The predicted octanol–water partition coefficient (Wildman–Crippen LogP) is 6.47. The number of carbonyl (C=O) groups excluding carboxylic acids is 1. The van der Waals surface area contributed by atoms with Gasteiger partial charge in [0.05, 0.1) is 17.3 Å². The van der Waals surface area contributed by atoms with Gasteiger partial charge in [0.25, 0.3) is 5.91 Å². The number of hydrogen-bond acceptors (Lipinski definition) is 3. The van der Waals surface area contributed by atoms with Gasteiger partial charge in [-0.25, -0.2) is 4.68 Å². The summed E-state index contributed by atoms with van der Waals surface area (Å²) in [5.41, 5.74) is -1.74. The van der Waals surface area contributed by atoms with E-state index in [0.29, 0.717) is 10.2 Å². The summed E-state index contributed by atoms with van der Waals surface area (Å²) in [6.07, 6.45) is -9.89. The highest BCUT2D eigenvalue weighted by Gasteiger charge is 2.48. The molecule has 0 unspecified atom stereocenters. The smallest absolute Gasteiger partial charge is 0.362 e. The van der Waals surface area contributed by atoms with Gasteiger partial charge in [-0.15, -0.1) is 0 Å². The van der Waals surface area contributed by atoms with Crippen molar-refractivity contribution in [2.45, 2.75) is 30.9 Å². The Morgan fingerprint density at radius 1 is 1.03 bits per heavy atom. The van der Waals surface area contributed by atoms with E-state index in [1.807, 2.05) is 0 Å². The van der Waals surface area contributed by atoms with Crippen molar-refractivity contribution >= 4 is 29.0 Å². The number of halogens is 7. The van der Waals surface area contributed by atoms with Crippen LogP contribution in [0.2, 0.25) is 5.02 Å². The number of nitrogens with one attached hydrogen (secondary N) is 2. The van der Waals surface area contributed by atoms with Gasteiger partial charge in [0.2, 0.25) is 0 Å². The van der Waals surface area contributed by atoms with Crippen molar-refractivity contribution in [3.05, 3.63) is 76.4 Å². The lowest BCUT2D eigenvalue weighted by molar-refractivity contribution is -0.173. The van der Waals surface area contributed by atoms with E-state index in [1.54, 1.807) is 30.3 Å². The first kappa shape index (κ1) is 23.0. The first-order chi connectivity index (χ1) is 15.5. The molecule has 3 aromatic rings. The lowest BCUT2D eigenvalue weighted by atomic mass is 9.97. The van der Waals surface area contributed by atoms with Crippen LogP contribution in [-0.4, -0.2) is 21.9 Å². The van der Waals surface area contributed by atoms with Gasteiger partial charge in [0.15, 0.2) is 11.7 Å². The Labute approximate surface area is 188 Å². The maximum atomic E-state index is 13.8. The first-order valence-electron chi connectivity index (χ1n) is 9.60. The summed E-state index contributed by atoms with van der Waals surface area (Å²) < 4.78 is 81.7. The number of hydrogen-bond donors (Lipinski definition) is 2. The molecule has 0 aliphatic carbocycles. The van der Waals surface area contributed by atoms with Crippen molar-refractivity contribution < 1.29 is 31.1 Å². The number of nitrogens with zero attached hydrogens (tertiary/aromatic N) is 2. The van der Waals surface area contributed by atoms with Gasteiger partial charge < -0.3 is 10.6 Å². The molecule has 0 saturated carbocycles. The van der Waals surface area contributed by atoms with Crippen molar-refractivity contribution in [3.63, 3.8) is 0 Å². The maximum Gasteiger partial charge on any atom is 0.418 e. The van der Waals surface area contributed by atoms with Crippen molar-refractivity contribution in [3.8, 4) is 0 Å². The highest BCUT2D eigenvalue weighted by atomic mass is 35.5. The average Bonchev–Trinajstić information content (AvgIpc) is 3.09. The molecule has 1 aliphatic heterocycles. The number of para-hydroxylation sites is 1. The molecule has 0 bridgehead atoms. The van der Waals surface area contributed by atoms with E-state index in [0.717, 1.165) is 18.2 Å². The number of alkyl halides is 6. The minimum absolute atomic E-state index is 0.242. The molecule has 2 N–H and O–H groups in total. The summed E-state index contributed by atoms with van der Waals surface area (Å²) in [6.45, 7) is 0. The summed E-state index contributed by atoms with van der Waals surface area (Å²) in [5.74, 6) is -1.41. The van der Waals surface area contributed by atoms with Gasteiger partial charge in [0, 0.05) is 6.42 Å². The fourth-order valence-electron chi connectivity index (χ4n) is 3.66. The Morgan fingerprint density at radius 2 is 1.67 bits per heavy atom. The second kappa shape index (κ2) is 8.29. The SMILES string of the molecule is O=C(Nc1ccccc1C(F)(F)F)c1nn2c(c1Cl)N[C@@H](c1ccccc1)C[C@@H]2C(F)(F)F. The molecule has 174 valence electrons. The molecule has 2 aromatic carbocycles. The van der Waals surface area contributed by atoms with Crippen LogP contribution in [-0.2, 0) is 6.18 Å². The van der Waals surface area contributed by atoms with Crippen LogP contribution in [0, 0.1) is 0 Å². The molecule has 0 radical (unpaired) electrons. The van der Waals surface area contributed by atoms with Crippen molar-refractivity contribution in [2.75, 3.05) is 10.6 Å². The highest BCUT2D eigenvalue weighted by molar-refractivity contribution is 6.36. The minimum Gasteiger partial charge on any atom is -0.362 e. The molecular weight excluding hydrogens is 474 g/mol. The summed E-state index contributed by atoms with van der Waals surface area (Å²) in [4.78, 5) is 12.7. The summed E-state index contributed by atoms with van der Waals surface area (Å²) in [6, 6.07) is 9.67. The van der Waals surface area contributed by atoms with E-state index in [1.165, 1.54) is 6.07 Å². The Balaban J connectivity index is 1.71. The zero-order valence-corrected chi connectivity index (χ0v) is 17.3. The van der Waals surface area contributed by atoms with E-state index in [4.69, 9.17) is 11.6 Å². The van der Waals surface area contributed by atoms with E-state index >= 15 is 0 Å². The van der Waals surface area contributed by atoms with Gasteiger partial charge in [-0.3, -0.25) is 4.79 Å². The number of benzene rings is 2. The summed E-state index contributed by atoms with van der Waals surface area (Å²) >= 11 is 6.20. The van der Waals surface area contributed by atoms with E-state index in [2.05, 4.69) is 15.7 Å². The molecular formula is C21H15ClF6N4O. The largest absolute Gasteiger partial charge is 0.418 e. The molecule has 1 amide bonds. The Bertz CT molecular complexity index is 1180. The minimum atomic E-state index is -4.76. The molecule has 2 atom stereocenters. The van der Waals surface area contributed by atoms with Crippen molar-refractivity contribution in [2.24, 2.45) is 0 Å². The standard InChI is InChI=1S/C21H15ClF6N4O/c22-16-17(19(33)30-13-9-5-4-8-12(13)20(23,24)25)31-32-15(21(26,27)28)10-14(29-18(16)32)11-6-2-1-3-7-11/h1-9,14-15,29H,10H2,(H,30,33)/t14-,15-/m1/s1. The normalized spacial score (nSPS) is 18.4. The van der Waals surface area contributed by atoms with Crippen molar-refractivity contribution in [1.29, 1.82) is 0 Å². The summed E-state index contributed by atoms with van der Waals surface area (Å²) in [5, 5.41) is 8.22. The number of anilines is 2. The van der Waals surface area contributed by atoms with Crippen LogP contribution in [0.5, 0.6) is 0 Å². The summed E-state index contributed by atoms with van der Waals surface area (Å²) in [7, 11) is 0. The third-order valence-electron chi connectivity index (χ3n) is 5.19. The van der Waals surface area contributed by atoms with Crippen LogP contribution in [0.15, 0.2) is 54.6 Å². The molecule has 0 spiro atoms. The van der Waals surface area contributed by atoms with E-state index in [-0.39, 0.29) is 5.82 Å². The average molecular weight is 489 g/mol. The molecule has 4 rings (SSSR count). The van der Waals surface area contributed by atoms with Gasteiger partial charge in [-0.2, -0.15) is 31.4 Å². The van der Waals surface area contributed by atoms with Crippen LogP contribution in [0.1, 0.15) is 40.1 Å². The zero-order valence-electron chi connectivity index (χ0n) is 16.5. The van der Waals surface area contributed by atoms with Crippen LogP contribution >= 0.6 is 11.6 Å². The third kappa shape index (κ3) is 4.50. The Morgan fingerprint density at radius 3 is 2.30 bits per heavy atom. The van der Waals surface area contributed by atoms with Crippen LogP contribution in [0.25, 0.3) is 0 Å². The molecule has 5 nitrogen and oxygen atoms in total. The topological polar surface area (TPSA) is 59.0 Å². The number of rotatable bonds is 3. The fraction of sp³-hybridized carbons (Fsp3) is 0.238. The number of fused-ring (bicyclic) bond motifs is 1. The Hall–Kier alpha value is -3.21. The highest BCUT2D eigenvalue weighted by Crippen LogP contribution is 2.46. The monoisotopic (exact) mass is 488 g/mol. The molecule has 1 aromatic heterocycles. The van der Waals surface area contributed by atoms with Crippen molar-refractivity contribution in [1.82, 2.24) is 9.78 Å². The fourth-order valence-corrected chi connectivity index (χ4v) is 3.92. The van der Waals surface area contributed by atoms with E-state index in [9.17, 15) is 31.1 Å². The molecule has 12 heteroatoms. The van der Waals surface area contributed by atoms with Gasteiger partial charge >= 0.3 is 12.4 Å². The van der Waals surface area contributed by atoms with Crippen LogP contribution < -0.4 is 10.6 Å². The molecule has 0 saturated heterocycles. The third-order valence-corrected chi connectivity index (χ3v) is 5.55. The molecule has 0 fully saturated rings. The second-order valence-corrected chi connectivity index (χ2v) is 7.73. The lowest BCUT2D eigenvalue weighted by Crippen LogP contribution is -2.35. The quantitative estimate of drug-likeness (QED) is 0.416. The number of aromatic nitrogens is 2. The molecule has 33 heavy (non-hydrogen) atoms. The molecule has 1 aliphatic rings. The lowest BCUT2D eigenvalue weighted by Gasteiger charge is -2.33. The number of amides is 1. The first-order valence-corrected chi connectivity index (χ1v) is 9.98. The van der Waals surface area contributed by atoms with Crippen LogP contribution in [0.4, 0.5) is 37.8 Å². The second-order valence-electron chi connectivity index (χ2n) is 7.35. The Kier molecular flexibility index (Phi) is 5.77. The van der Waals surface area contributed by atoms with E-state index < -0.39 is 58.7 Å². The predicted molar refractivity (Wildman–Crippen MR) is 109 cm³/mol. The zero-order chi connectivity index (χ0) is 24.0. The maximum absolute atomic E-state index is 13.8. The molecule has 2 heterocycles. The van der Waals surface area contributed by atoms with Crippen LogP contribution in [0.3, 0.4) is 0 Å².